The van der Waals surface area contributed by atoms with Gasteiger partial charge < -0.3 is 24.6 Å². The van der Waals surface area contributed by atoms with Crippen LogP contribution in [0, 0.1) is 0 Å². The molecule has 2 amide bonds. The molecule has 0 saturated carbocycles. The average Bonchev–Trinajstić information content (AvgIpc) is 3.08. The average molecular weight is 343 g/mol. The Morgan fingerprint density at radius 1 is 1.16 bits per heavy atom. The monoisotopic (exact) mass is 343 g/mol. The molecule has 134 valence electrons. The molecule has 25 heavy (non-hydrogen) atoms. The van der Waals surface area contributed by atoms with Crippen LogP contribution in [0.3, 0.4) is 0 Å². The third-order valence-electron chi connectivity index (χ3n) is 5.11. The van der Waals surface area contributed by atoms with E-state index in [4.69, 9.17) is 9.47 Å². The molecular formula is C19H25N3O3. The van der Waals surface area contributed by atoms with Crippen LogP contribution >= 0.6 is 0 Å². The Kier molecular flexibility index (Phi) is 4.68. The van der Waals surface area contributed by atoms with Crippen molar-refractivity contribution in [2.24, 2.45) is 0 Å². The SMILES string of the molecule is O=C1NCCN1C1CCN(/C=C/CC2COc3ccccc3O2)CC1. The molecule has 4 rings (SSSR count). The molecule has 3 heterocycles. The molecule has 2 saturated heterocycles. The second-order valence-corrected chi connectivity index (χ2v) is 6.81. The standard InChI is InChI=1S/C19H25N3O3/c23-19-20-9-13-22(19)15-7-11-21(12-8-15)10-3-4-16-14-24-17-5-1-2-6-18(17)25-16/h1-3,5-6,10,15-16H,4,7-9,11-14H2,(H,20,23)/b10-3+. The number of likely N-dealkylation sites (tertiary alicyclic amines) is 1. The van der Waals surface area contributed by atoms with Crippen molar-refractivity contribution in [1.29, 1.82) is 0 Å². The number of hydrogen-bond acceptors (Lipinski definition) is 4. The van der Waals surface area contributed by atoms with Crippen molar-refractivity contribution in [2.75, 3.05) is 32.8 Å². The number of ether oxygens (including phenoxy) is 2. The zero-order chi connectivity index (χ0) is 17.1. The number of nitrogens with zero attached hydrogens (tertiary/aromatic N) is 2. The second-order valence-electron chi connectivity index (χ2n) is 6.81. The van der Waals surface area contributed by atoms with E-state index < -0.39 is 0 Å². The van der Waals surface area contributed by atoms with Crippen LogP contribution in [-0.2, 0) is 0 Å². The van der Waals surface area contributed by atoms with Crippen LogP contribution in [0.5, 0.6) is 11.5 Å². The number of nitrogens with one attached hydrogen (secondary N) is 1. The van der Waals surface area contributed by atoms with E-state index in [1.807, 2.05) is 29.2 Å². The number of amides is 2. The largest absolute Gasteiger partial charge is 0.486 e. The number of benzene rings is 1. The van der Waals surface area contributed by atoms with E-state index in [1.165, 1.54) is 0 Å². The first-order valence-corrected chi connectivity index (χ1v) is 9.13. The number of hydrogen-bond donors (Lipinski definition) is 1. The first kappa shape index (κ1) is 16.1. The highest BCUT2D eigenvalue weighted by Crippen LogP contribution is 2.31. The van der Waals surface area contributed by atoms with Crippen molar-refractivity contribution < 1.29 is 14.3 Å². The van der Waals surface area contributed by atoms with E-state index in [0.717, 1.165) is 56.9 Å². The number of fused-ring (bicyclic) bond motifs is 1. The summed E-state index contributed by atoms with van der Waals surface area (Å²) >= 11 is 0. The van der Waals surface area contributed by atoms with Crippen LogP contribution in [0.2, 0.25) is 0 Å². The van der Waals surface area contributed by atoms with Gasteiger partial charge in [0.25, 0.3) is 0 Å². The summed E-state index contributed by atoms with van der Waals surface area (Å²) in [6.07, 6.45) is 7.32. The lowest BCUT2D eigenvalue weighted by atomic mass is 10.0. The number of carbonyl (C=O) groups excluding carboxylic acids is 1. The van der Waals surface area contributed by atoms with Gasteiger partial charge in [0.05, 0.1) is 0 Å². The van der Waals surface area contributed by atoms with Crippen molar-refractivity contribution in [1.82, 2.24) is 15.1 Å². The maximum absolute atomic E-state index is 11.8. The van der Waals surface area contributed by atoms with E-state index in [-0.39, 0.29) is 12.1 Å². The molecule has 0 radical (unpaired) electrons. The minimum atomic E-state index is 0.0667. The third-order valence-corrected chi connectivity index (χ3v) is 5.11. The Bertz CT molecular complexity index is 641. The highest BCUT2D eigenvalue weighted by atomic mass is 16.6. The first-order chi connectivity index (χ1) is 12.3. The first-order valence-electron chi connectivity index (χ1n) is 9.13. The highest BCUT2D eigenvalue weighted by Gasteiger charge is 2.30. The number of piperidine rings is 1. The molecule has 1 N–H and O–H groups in total. The van der Waals surface area contributed by atoms with Gasteiger partial charge in [0.15, 0.2) is 11.5 Å². The number of rotatable bonds is 4. The minimum Gasteiger partial charge on any atom is -0.486 e. The van der Waals surface area contributed by atoms with Gasteiger partial charge in [-0.2, -0.15) is 0 Å². The molecule has 6 heteroatoms. The molecule has 1 aromatic carbocycles. The van der Waals surface area contributed by atoms with Gasteiger partial charge in [0.2, 0.25) is 0 Å². The summed E-state index contributed by atoms with van der Waals surface area (Å²) in [5.41, 5.74) is 0. The van der Waals surface area contributed by atoms with Crippen molar-refractivity contribution in [2.45, 2.75) is 31.4 Å². The molecule has 3 aliphatic rings. The van der Waals surface area contributed by atoms with Gasteiger partial charge >= 0.3 is 6.03 Å². The Labute approximate surface area is 148 Å². The lowest BCUT2D eigenvalue weighted by molar-refractivity contribution is 0.0927. The number of carbonyl (C=O) groups is 1. The number of para-hydroxylation sites is 2. The van der Waals surface area contributed by atoms with Gasteiger partial charge in [-0.15, -0.1) is 0 Å². The predicted molar refractivity (Wildman–Crippen MR) is 94.8 cm³/mol. The smallest absolute Gasteiger partial charge is 0.317 e. The molecule has 6 nitrogen and oxygen atoms in total. The summed E-state index contributed by atoms with van der Waals surface area (Å²) in [5, 5.41) is 2.89. The third kappa shape index (κ3) is 3.67. The van der Waals surface area contributed by atoms with Gasteiger partial charge in [-0.1, -0.05) is 18.2 Å². The fourth-order valence-corrected chi connectivity index (χ4v) is 3.72. The highest BCUT2D eigenvalue weighted by molar-refractivity contribution is 5.76. The van der Waals surface area contributed by atoms with E-state index >= 15 is 0 Å². The summed E-state index contributed by atoms with van der Waals surface area (Å²) in [7, 11) is 0. The van der Waals surface area contributed by atoms with Crippen molar-refractivity contribution in [3.05, 3.63) is 36.5 Å². The van der Waals surface area contributed by atoms with Gasteiger partial charge in [0.1, 0.15) is 12.7 Å². The van der Waals surface area contributed by atoms with Crippen LogP contribution in [0.4, 0.5) is 4.79 Å². The number of urea groups is 1. The Balaban J connectivity index is 1.22. The molecule has 1 unspecified atom stereocenters. The molecule has 0 spiro atoms. The zero-order valence-electron chi connectivity index (χ0n) is 14.4. The van der Waals surface area contributed by atoms with Crippen molar-refractivity contribution >= 4 is 6.03 Å². The molecule has 0 bridgehead atoms. The second kappa shape index (κ2) is 7.25. The predicted octanol–water partition coefficient (Wildman–Crippen LogP) is 2.22. The molecule has 1 atom stereocenters. The lowest BCUT2D eigenvalue weighted by Gasteiger charge is -2.35. The molecule has 0 aromatic heterocycles. The van der Waals surface area contributed by atoms with Gasteiger partial charge in [-0.05, 0) is 31.2 Å². The zero-order valence-corrected chi connectivity index (χ0v) is 14.4. The maximum atomic E-state index is 11.8. The molecule has 3 aliphatic heterocycles. The fraction of sp³-hybridized carbons (Fsp3) is 0.526. The van der Waals surface area contributed by atoms with E-state index in [9.17, 15) is 4.79 Å². The van der Waals surface area contributed by atoms with Crippen molar-refractivity contribution in [3.8, 4) is 11.5 Å². The van der Waals surface area contributed by atoms with E-state index in [2.05, 4.69) is 22.5 Å². The molecule has 1 aromatic rings. The lowest BCUT2D eigenvalue weighted by Crippen LogP contribution is -2.44. The molecule has 0 aliphatic carbocycles. The quantitative estimate of drug-likeness (QED) is 0.911. The van der Waals surface area contributed by atoms with Crippen molar-refractivity contribution in [3.63, 3.8) is 0 Å². The maximum Gasteiger partial charge on any atom is 0.317 e. The summed E-state index contributed by atoms with van der Waals surface area (Å²) in [6, 6.07) is 8.29. The van der Waals surface area contributed by atoms with Crippen LogP contribution in [-0.4, -0.2) is 60.8 Å². The van der Waals surface area contributed by atoms with Gasteiger partial charge in [-0.25, -0.2) is 4.79 Å². The van der Waals surface area contributed by atoms with Crippen LogP contribution in [0.15, 0.2) is 36.5 Å². The minimum absolute atomic E-state index is 0.0667. The van der Waals surface area contributed by atoms with Crippen LogP contribution in [0.25, 0.3) is 0 Å². The van der Waals surface area contributed by atoms with Gasteiger partial charge in [-0.3, -0.25) is 0 Å². The molecule has 2 fully saturated rings. The summed E-state index contributed by atoms with van der Waals surface area (Å²) in [4.78, 5) is 16.1. The molecular weight excluding hydrogens is 318 g/mol. The summed E-state index contributed by atoms with van der Waals surface area (Å²) in [6.45, 7) is 4.21. The van der Waals surface area contributed by atoms with E-state index in [1.54, 1.807) is 0 Å². The fourth-order valence-electron chi connectivity index (χ4n) is 3.72. The van der Waals surface area contributed by atoms with E-state index in [0.29, 0.717) is 12.6 Å². The Hall–Kier alpha value is -2.37. The Morgan fingerprint density at radius 2 is 1.96 bits per heavy atom. The topological polar surface area (TPSA) is 54.0 Å². The summed E-state index contributed by atoms with van der Waals surface area (Å²) in [5.74, 6) is 1.66. The Morgan fingerprint density at radius 3 is 2.72 bits per heavy atom. The summed E-state index contributed by atoms with van der Waals surface area (Å²) < 4.78 is 11.7. The normalized spacial score (nSPS) is 24.0. The van der Waals surface area contributed by atoms with Crippen LogP contribution < -0.4 is 14.8 Å². The van der Waals surface area contributed by atoms with Crippen LogP contribution in [0.1, 0.15) is 19.3 Å². The van der Waals surface area contributed by atoms with Gasteiger partial charge in [0, 0.05) is 38.6 Å².